The Balaban J connectivity index is 2.18. The van der Waals surface area contributed by atoms with Gasteiger partial charge in [0.25, 0.3) is 0 Å². The quantitative estimate of drug-likeness (QED) is 0.731. The number of aromatic nitrogens is 3. The molecule has 2 heterocycles. The predicted octanol–water partition coefficient (Wildman–Crippen LogP) is 2.17. The third-order valence-corrected chi connectivity index (χ3v) is 5.21. The van der Waals surface area contributed by atoms with E-state index in [1.807, 2.05) is 42.9 Å². The van der Waals surface area contributed by atoms with Crippen LogP contribution in [0, 0.1) is 6.92 Å². The van der Waals surface area contributed by atoms with E-state index >= 15 is 0 Å². The standard InChI is InChI=1S/C16H19ClN4O3S/c1-10-12(5-7-25(18,22)23)16(20(2)19-10)21-6-4-11-8-13(17)15(24-3)9-14(11)21/h4,6,8-9H,5,7H2,1-3H3,(H2,18,22,23). The number of fused-ring (bicyclic) bond motifs is 1. The molecule has 25 heavy (non-hydrogen) atoms. The number of aryl methyl sites for hydroxylation is 2. The van der Waals surface area contributed by atoms with Crippen LogP contribution in [0.1, 0.15) is 11.3 Å². The molecule has 0 aliphatic rings. The van der Waals surface area contributed by atoms with Crippen LogP contribution in [0.3, 0.4) is 0 Å². The molecule has 3 aromatic rings. The first-order valence-electron chi connectivity index (χ1n) is 7.59. The first kappa shape index (κ1) is 17.8. The average Bonchev–Trinajstić information content (AvgIpc) is 3.03. The topological polar surface area (TPSA) is 92.1 Å². The number of rotatable bonds is 5. The molecule has 0 aliphatic carbocycles. The number of halogens is 1. The fourth-order valence-corrected chi connectivity index (χ4v) is 3.74. The fourth-order valence-electron chi connectivity index (χ4n) is 3.00. The Morgan fingerprint density at radius 1 is 1.36 bits per heavy atom. The Kier molecular flexibility index (Phi) is 4.52. The number of ether oxygens (including phenoxy) is 1. The van der Waals surface area contributed by atoms with Crippen molar-refractivity contribution in [3.05, 3.63) is 40.7 Å². The molecule has 0 spiro atoms. The molecule has 134 valence electrons. The minimum Gasteiger partial charge on any atom is -0.495 e. The van der Waals surface area contributed by atoms with Crippen molar-refractivity contribution in [1.82, 2.24) is 14.3 Å². The Hall–Kier alpha value is -2.03. The highest BCUT2D eigenvalue weighted by molar-refractivity contribution is 7.89. The minimum absolute atomic E-state index is 0.138. The molecule has 0 saturated carbocycles. The van der Waals surface area contributed by atoms with Gasteiger partial charge in [0.05, 0.1) is 29.1 Å². The van der Waals surface area contributed by atoms with Crippen LogP contribution < -0.4 is 9.88 Å². The predicted molar refractivity (Wildman–Crippen MR) is 98.0 cm³/mol. The van der Waals surface area contributed by atoms with Gasteiger partial charge < -0.3 is 9.30 Å². The van der Waals surface area contributed by atoms with Crippen LogP contribution in [-0.4, -0.2) is 35.6 Å². The highest BCUT2D eigenvalue weighted by atomic mass is 35.5. The Labute approximate surface area is 151 Å². The third-order valence-electron chi connectivity index (χ3n) is 4.14. The number of nitrogens with zero attached hydrogens (tertiary/aromatic N) is 3. The first-order chi connectivity index (χ1) is 11.7. The van der Waals surface area contributed by atoms with E-state index in [9.17, 15) is 8.42 Å². The molecule has 0 atom stereocenters. The zero-order chi connectivity index (χ0) is 18.4. The van der Waals surface area contributed by atoms with E-state index in [1.165, 1.54) is 0 Å². The van der Waals surface area contributed by atoms with Crippen molar-refractivity contribution < 1.29 is 13.2 Å². The van der Waals surface area contributed by atoms with Crippen molar-refractivity contribution in [3.8, 4) is 11.6 Å². The zero-order valence-electron chi connectivity index (χ0n) is 14.2. The van der Waals surface area contributed by atoms with Crippen LogP contribution in [-0.2, 0) is 23.5 Å². The summed E-state index contributed by atoms with van der Waals surface area (Å²) >= 11 is 6.19. The number of methoxy groups -OCH3 is 1. The second kappa shape index (κ2) is 6.36. The highest BCUT2D eigenvalue weighted by Gasteiger charge is 2.19. The molecule has 0 radical (unpaired) electrons. The Bertz CT molecular complexity index is 1050. The van der Waals surface area contributed by atoms with Crippen molar-refractivity contribution in [3.63, 3.8) is 0 Å². The smallest absolute Gasteiger partial charge is 0.209 e. The second-order valence-electron chi connectivity index (χ2n) is 5.86. The molecule has 0 aliphatic heterocycles. The van der Waals surface area contributed by atoms with Gasteiger partial charge in [-0.15, -0.1) is 0 Å². The zero-order valence-corrected chi connectivity index (χ0v) is 15.7. The summed E-state index contributed by atoms with van der Waals surface area (Å²) in [5, 5.41) is 11.1. The van der Waals surface area contributed by atoms with Gasteiger partial charge in [0.1, 0.15) is 11.6 Å². The van der Waals surface area contributed by atoms with E-state index in [1.54, 1.807) is 11.8 Å². The van der Waals surface area contributed by atoms with Crippen LogP contribution in [0.4, 0.5) is 0 Å². The summed E-state index contributed by atoms with van der Waals surface area (Å²) in [6.07, 6.45) is 2.19. The Morgan fingerprint density at radius 2 is 2.08 bits per heavy atom. The maximum absolute atomic E-state index is 11.4. The van der Waals surface area contributed by atoms with Crippen LogP contribution in [0.2, 0.25) is 5.02 Å². The summed E-state index contributed by atoms with van der Waals surface area (Å²) in [6, 6.07) is 5.62. The van der Waals surface area contributed by atoms with Crippen molar-refractivity contribution in [2.24, 2.45) is 12.2 Å². The molecule has 0 unspecified atom stereocenters. The maximum atomic E-state index is 11.4. The molecule has 0 bridgehead atoms. The number of sulfonamides is 1. The number of benzene rings is 1. The van der Waals surface area contributed by atoms with Crippen molar-refractivity contribution in [1.29, 1.82) is 0 Å². The van der Waals surface area contributed by atoms with Crippen molar-refractivity contribution >= 4 is 32.5 Å². The van der Waals surface area contributed by atoms with Gasteiger partial charge in [0.2, 0.25) is 10.0 Å². The number of hydrogen-bond donors (Lipinski definition) is 1. The van der Waals surface area contributed by atoms with Gasteiger partial charge in [0, 0.05) is 30.3 Å². The highest BCUT2D eigenvalue weighted by Crippen LogP contribution is 2.32. The van der Waals surface area contributed by atoms with E-state index in [0.717, 1.165) is 28.0 Å². The summed E-state index contributed by atoms with van der Waals surface area (Å²) in [5.41, 5.74) is 2.49. The van der Waals surface area contributed by atoms with Crippen LogP contribution in [0.15, 0.2) is 24.4 Å². The lowest BCUT2D eigenvalue weighted by atomic mass is 10.2. The van der Waals surface area contributed by atoms with E-state index in [4.69, 9.17) is 21.5 Å². The molecule has 0 amide bonds. The molecule has 1 aromatic carbocycles. The third kappa shape index (κ3) is 3.37. The normalized spacial score (nSPS) is 12.0. The molecule has 2 aromatic heterocycles. The molecule has 0 fully saturated rings. The van der Waals surface area contributed by atoms with E-state index in [0.29, 0.717) is 10.8 Å². The monoisotopic (exact) mass is 382 g/mol. The van der Waals surface area contributed by atoms with Gasteiger partial charge in [0.15, 0.2) is 0 Å². The molecule has 7 nitrogen and oxygen atoms in total. The van der Waals surface area contributed by atoms with Gasteiger partial charge in [-0.3, -0.25) is 4.68 Å². The van der Waals surface area contributed by atoms with E-state index in [2.05, 4.69) is 5.10 Å². The molecular weight excluding hydrogens is 364 g/mol. The van der Waals surface area contributed by atoms with Gasteiger partial charge in [-0.2, -0.15) is 5.10 Å². The lowest BCUT2D eigenvalue weighted by Gasteiger charge is -2.11. The van der Waals surface area contributed by atoms with Gasteiger partial charge in [-0.25, -0.2) is 13.6 Å². The SMILES string of the molecule is COc1cc2c(ccn2-c2c(CCS(N)(=O)=O)c(C)nn2C)cc1Cl. The van der Waals surface area contributed by atoms with Gasteiger partial charge in [-0.1, -0.05) is 11.6 Å². The minimum atomic E-state index is -3.56. The second-order valence-corrected chi connectivity index (χ2v) is 8.00. The van der Waals surface area contributed by atoms with Crippen LogP contribution >= 0.6 is 11.6 Å². The van der Waals surface area contributed by atoms with Crippen molar-refractivity contribution in [2.75, 3.05) is 12.9 Å². The largest absolute Gasteiger partial charge is 0.495 e. The first-order valence-corrected chi connectivity index (χ1v) is 9.68. The summed E-state index contributed by atoms with van der Waals surface area (Å²) in [6.45, 7) is 1.85. The Morgan fingerprint density at radius 3 is 2.72 bits per heavy atom. The van der Waals surface area contributed by atoms with Gasteiger partial charge in [-0.05, 0) is 25.5 Å². The fraction of sp³-hybridized carbons (Fsp3) is 0.312. The summed E-state index contributed by atoms with van der Waals surface area (Å²) in [7, 11) is -0.175. The van der Waals surface area contributed by atoms with Gasteiger partial charge >= 0.3 is 0 Å². The number of nitrogens with two attached hydrogens (primary N) is 1. The number of primary sulfonamides is 1. The molecule has 0 saturated heterocycles. The lowest BCUT2D eigenvalue weighted by molar-refractivity contribution is 0.415. The summed E-state index contributed by atoms with van der Waals surface area (Å²) in [5.74, 6) is 1.22. The lowest BCUT2D eigenvalue weighted by Crippen LogP contribution is -2.18. The molecule has 3 rings (SSSR count). The summed E-state index contributed by atoms with van der Waals surface area (Å²) in [4.78, 5) is 0. The average molecular weight is 383 g/mol. The summed E-state index contributed by atoms with van der Waals surface area (Å²) < 4.78 is 31.7. The van der Waals surface area contributed by atoms with Crippen molar-refractivity contribution in [2.45, 2.75) is 13.3 Å². The maximum Gasteiger partial charge on any atom is 0.209 e. The molecular formula is C16H19ClN4O3S. The number of hydrogen-bond acceptors (Lipinski definition) is 4. The van der Waals surface area contributed by atoms with Crippen LogP contribution in [0.25, 0.3) is 16.7 Å². The van der Waals surface area contributed by atoms with E-state index < -0.39 is 10.0 Å². The molecule has 9 heteroatoms. The van der Waals surface area contributed by atoms with E-state index in [-0.39, 0.29) is 12.2 Å². The molecule has 2 N–H and O–H groups in total. The van der Waals surface area contributed by atoms with Crippen LogP contribution in [0.5, 0.6) is 5.75 Å².